The van der Waals surface area contributed by atoms with E-state index >= 15 is 0 Å². The second-order valence-electron chi connectivity index (χ2n) is 6.58. The van der Waals surface area contributed by atoms with E-state index < -0.39 is 0 Å². The van der Waals surface area contributed by atoms with Gasteiger partial charge in [-0.3, -0.25) is 9.48 Å². The van der Waals surface area contributed by atoms with Gasteiger partial charge in [0.05, 0.1) is 12.3 Å². The zero-order valence-electron chi connectivity index (χ0n) is 14.8. The first-order valence-corrected chi connectivity index (χ1v) is 8.68. The Morgan fingerprint density at radius 2 is 2.16 bits per heavy atom. The van der Waals surface area contributed by atoms with Crippen LogP contribution in [0.4, 0.5) is 0 Å². The number of hydrogen-bond donors (Lipinski definition) is 0. The molecule has 0 N–H and O–H groups in total. The van der Waals surface area contributed by atoms with E-state index in [4.69, 9.17) is 4.74 Å². The second-order valence-corrected chi connectivity index (χ2v) is 6.58. The second kappa shape index (κ2) is 8.12. The monoisotopic (exact) mass is 339 g/mol. The van der Waals surface area contributed by atoms with Crippen LogP contribution < -0.4 is 0 Å². The third-order valence-electron chi connectivity index (χ3n) is 4.79. The van der Waals surface area contributed by atoms with Crippen LogP contribution in [0.5, 0.6) is 0 Å². The van der Waals surface area contributed by atoms with E-state index in [1.165, 1.54) is 5.56 Å². The lowest BCUT2D eigenvalue weighted by atomic mass is 9.87. The van der Waals surface area contributed by atoms with Crippen molar-refractivity contribution in [1.29, 1.82) is 0 Å². The molecule has 3 rings (SSSR count). The summed E-state index contributed by atoms with van der Waals surface area (Å²) >= 11 is 0. The van der Waals surface area contributed by atoms with Gasteiger partial charge in [0.25, 0.3) is 0 Å². The van der Waals surface area contributed by atoms with Gasteiger partial charge >= 0.3 is 0 Å². The van der Waals surface area contributed by atoms with E-state index in [1.54, 1.807) is 24.1 Å². The standard InChI is InChI=1S/C20H25N3O2/c1-22-14-17(13-21-22)8-9-20(24)23-11-10-18(19(15-23)25-2)12-16-6-4-3-5-7-16/h3-9,13-14,18-19H,10-12,15H2,1-2H3/b9-8+/t18-,19+/m1/s1. The zero-order chi connectivity index (χ0) is 17.6. The summed E-state index contributed by atoms with van der Waals surface area (Å²) in [7, 11) is 3.60. The Morgan fingerprint density at radius 3 is 2.84 bits per heavy atom. The molecular formula is C20H25N3O2. The van der Waals surface area contributed by atoms with Crippen molar-refractivity contribution in [3.05, 3.63) is 59.9 Å². The van der Waals surface area contributed by atoms with Gasteiger partial charge in [0.2, 0.25) is 5.91 Å². The van der Waals surface area contributed by atoms with Crippen LogP contribution in [0.2, 0.25) is 0 Å². The van der Waals surface area contributed by atoms with Crippen LogP contribution in [-0.4, -0.2) is 46.9 Å². The maximum absolute atomic E-state index is 12.5. The summed E-state index contributed by atoms with van der Waals surface area (Å²) in [6, 6.07) is 10.5. The van der Waals surface area contributed by atoms with Gasteiger partial charge in [-0.25, -0.2) is 0 Å². The summed E-state index contributed by atoms with van der Waals surface area (Å²) in [5.74, 6) is 0.475. The lowest BCUT2D eigenvalue weighted by molar-refractivity contribution is -0.131. The van der Waals surface area contributed by atoms with Crippen molar-refractivity contribution in [3.63, 3.8) is 0 Å². The summed E-state index contributed by atoms with van der Waals surface area (Å²) in [5.41, 5.74) is 2.25. The Balaban J connectivity index is 1.58. The van der Waals surface area contributed by atoms with Crippen LogP contribution in [0.15, 0.2) is 48.8 Å². The maximum Gasteiger partial charge on any atom is 0.246 e. The number of aryl methyl sites for hydroxylation is 1. The largest absolute Gasteiger partial charge is 0.379 e. The van der Waals surface area contributed by atoms with Crippen molar-refractivity contribution in [2.45, 2.75) is 18.9 Å². The molecule has 1 aliphatic heterocycles. The Labute approximate surface area is 148 Å². The number of aromatic nitrogens is 2. The molecule has 0 spiro atoms. The van der Waals surface area contributed by atoms with Gasteiger partial charge in [0.1, 0.15) is 0 Å². The number of nitrogens with zero attached hydrogens (tertiary/aromatic N) is 3. The quantitative estimate of drug-likeness (QED) is 0.787. The molecule has 132 valence electrons. The van der Waals surface area contributed by atoms with Crippen LogP contribution in [0.1, 0.15) is 17.5 Å². The predicted octanol–water partition coefficient (Wildman–Crippen LogP) is 2.54. The Hall–Kier alpha value is -2.40. The molecule has 2 atom stereocenters. The van der Waals surface area contributed by atoms with E-state index in [-0.39, 0.29) is 12.0 Å². The molecule has 1 fully saturated rings. The van der Waals surface area contributed by atoms with Crippen molar-refractivity contribution in [1.82, 2.24) is 14.7 Å². The molecule has 0 radical (unpaired) electrons. The van der Waals surface area contributed by atoms with Gasteiger partial charge in [-0.05, 0) is 30.4 Å². The lowest BCUT2D eigenvalue weighted by Crippen LogP contribution is -2.47. The SMILES string of the molecule is CO[C@H]1CN(C(=O)/C=C/c2cnn(C)c2)CC[C@@H]1Cc1ccccc1. The van der Waals surface area contributed by atoms with Crippen LogP contribution in [0, 0.1) is 5.92 Å². The molecule has 25 heavy (non-hydrogen) atoms. The highest BCUT2D eigenvalue weighted by molar-refractivity contribution is 5.91. The van der Waals surface area contributed by atoms with E-state index in [0.29, 0.717) is 12.5 Å². The maximum atomic E-state index is 12.5. The van der Waals surface area contributed by atoms with Crippen molar-refractivity contribution >= 4 is 12.0 Å². The molecule has 0 unspecified atom stereocenters. The minimum Gasteiger partial charge on any atom is -0.379 e. The minimum atomic E-state index is 0.0315. The Kier molecular flexibility index (Phi) is 5.66. The van der Waals surface area contributed by atoms with Crippen molar-refractivity contribution in [2.75, 3.05) is 20.2 Å². The number of rotatable bonds is 5. The normalized spacial score (nSPS) is 21.0. The molecule has 0 bridgehead atoms. The summed E-state index contributed by atoms with van der Waals surface area (Å²) in [6.07, 6.45) is 9.09. The number of likely N-dealkylation sites (tertiary alicyclic amines) is 1. The van der Waals surface area contributed by atoms with Crippen molar-refractivity contribution < 1.29 is 9.53 Å². The molecule has 1 aliphatic rings. The number of piperidine rings is 1. The summed E-state index contributed by atoms with van der Waals surface area (Å²) in [6.45, 7) is 1.41. The number of carbonyl (C=O) groups excluding carboxylic acids is 1. The fourth-order valence-electron chi connectivity index (χ4n) is 3.38. The number of hydrogen-bond acceptors (Lipinski definition) is 3. The first kappa shape index (κ1) is 17.4. The van der Waals surface area contributed by atoms with Gasteiger partial charge in [-0.2, -0.15) is 5.10 Å². The van der Waals surface area contributed by atoms with Crippen molar-refractivity contribution in [3.8, 4) is 0 Å². The molecule has 1 aromatic carbocycles. The van der Waals surface area contributed by atoms with Crippen LogP contribution in [0.25, 0.3) is 6.08 Å². The molecule has 1 aromatic heterocycles. The molecule has 0 saturated carbocycles. The number of amides is 1. The molecule has 1 saturated heterocycles. The fourth-order valence-corrected chi connectivity index (χ4v) is 3.38. The van der Waals surface area contributed by atoms with E-state index in [9.17, 15) is 4.79 Å². The molecule has 0 aliphatic carbocycles. The average molecular weight is 339 g/mol. The van der Waals surface area contributed by atoms with Crippen LogP contribution in [0.3, 0.4) is 0 Å². The zero-order valence-corrected chi connectivity index (χ0v) is 14.8. The Morgan fingerprint density at radius 1 is 1.36 bits per heavy atom. The highest BCUT2D eigenvalue weighted by Crippen LogP contribution is 2.24. The van der Waals surface area contributed by atoms with Crippen LogP contribution >= 0.6 is 0 Å². The number of ether oxygens (including phenoxy) is 1. The third kappa shape index (κ3) is 4.57. The van der Waals surface area contributed by atoms with Gasteiger partial charge in [0.15, 0.2) is 0 Å². The summed E-state index contributed by atoms with van der Waals surface area (Å²) < 4.78 is 7.41. The van der Waals surface area contributed by atoms with E-state index in [1.807, 2.05) is 30.3 Å². The fraction of sp³-hybridized carbons (Fsp3) is 0.400. The van der Waals surface area contributed by atoms with E-state index in [2.05, 4.69) is 29.4 Å². The first-order valence-electron chi connectivity index (χ1n) is 8.68. The topological polar surface area (TPSA) is 47.4 Å². The molecule has 2 heterocycles. The average Bonchev–Trinajstić information content (AvgIpc) is 3.06. The van der Waals surface area contributed by atoms with Gasteiger partial charge in [-0.1, -0.05) is 30.3 Å². The minimum absolute atomic E-state index is 0.0315. The Bertz CT molecular complexity index is 724. The highest BCUT2D eigenvalue weighted by Gasteiger charge is 2.30. The van der Waals surface area contributed by atoms with Gasteiger partial charge in [0, 0.05) is 45.1 Å². The van der Waals surface area contributed by atoms with Crippen molar-refractivity contribution in [2.24, 2.45) is 13.0 Å². The molecule has 5 heteroatoms. The van der Waals surface area contributed by atoms with Crippen LogP contribution in [-0.2, 0) is 23.0 Å². The first-order chi connectivity index (χ1) is 12.2. The molecule has 1 amide bonds. The smallest absolute Gasteiger partial charge is 0.246 e. The summed E-state index contributed by atoms with van der Waals surface area (Å²) in [5, 5.41) is 4.10. The highest BCUT2D eigenvalue weighted by atomic mass is 16.5. The van der Waals surface area contributed by atoms with Gasteiger partial charge in [-0.15, -0.1) is 0 Å². The lowest BCUT2D eigenvalue weighted by Gasteiger charge is -2.37. The molecular weight excluding hydrogens is 314 g/mol. The molecule has 5 nitrogen and oxygen atoms in total. The van der Waals surface area contributed by atoms with Gasteiger partial charge < -0.3 is 9.64 Å². The third-order valence-corrected chi connectivity index (χ3v) is 4.79. The predicted molar refractivity (Wildman–Crippen MR) is 97.9 cm³/mol. The van der Waals surface area contributed by atoms with E-state index in [0.717, 1.165) is 24.9 Å². The number of carbonyl (C=O) groups is 1. The number of benzene rings is 1. The number of methoxy groups -OCH3 is 1. The molecule has 2 aromatic rings. The summed E-state index contributed by atoms with van der Waals surface area (Å²) in [4.78, 5) is 14.3.